The average Bonchev–Trinajstić information content (AvgIpc) is 3.30. The number of carbonyl (C=O) groups excluding carboxylic acids is 1. The molecule has 1 fully saturated rings. The highest BCUT2D eigenvalue weighted by molar-refractivity contribution is 5.95. The molecule has 58 heavy (non-hydrogen) atoms. The van der Waals surface area contributed by atoms with Gasteiger partial charge in [-0.05, 0) is 97.8 Å². The molecule has 296 valence electrons. The second-order valence-corrected chi connectivity index (χ2v) is 12.8. The lowest BCUT2D eigenvalue weighted by atomic mass is 10.1. The van der Waals surface area contributed by atoms with E-state index in [1.165, 1.54) is 19.3 Å². The molecule has 0 spiro atoms. The molecule has 0 radical (unpaired) electrons. The fourth-order valence-corrected chi connectivity index (χ4v) is 5.92. The summed E-state index contributed by atoms with van der Waals surface area (Å²) < 4.78 is 16.0. The number of likely N-dealkylation sites (tertiary alicyclic amines) is 1. The molecule has 7 heterocycles. The van der Waals surface area contributed by atoms with E-state index in [9.17, 15) is 4.79 Å². The van der Waals surface area contributed by atoms with E-state index in [2.05, 4.69) is 29.9 Å². The predicted octanol–water partition coefficient (Wildman–Crippen LogP) is 9.55. The Labute approximate surface area is 340 Å². The van der Waals surface area contributed by atoms with Crippen LogP contribution >= 0.6 is 0 Å². The van der Waals surface area contributed by atoms with Gasteiger partial charge in [0.1, 0.15) is 0 Å². The molecule has 0 aliphatic carbocycles. The Morgan fingerprint density at radius 2 is 0.724 bits per heavy atom. The number of methoxy groups -OCH3 is 3. The second-order valence-electron chi connectivity index (χ2n) is 12.8. The van der Waals surface area contributed by atoms with Crippen molar-refractivity contribution in [2.75, 3.05) is 34.4 Å². The summed E-state index contributed by atoms with van der Waals surface area (Å²) in [6.07, 6.45) is 16.4. The quantitative estimate of drug-likeness (QED) is 0.155. The average molecular weight is 776 g/mol. The van der Waals surface area contributed by atoms with Crippen LogP contribution in [-0.2, 0) is 0 Å². The number of carbonyl (C=O) groups is 1. The zero-order valence-corrected chi connectivity index (χ0v) is 33.2. The van der Waals surface area contributed by atoms with Crippen molar-refractivity contribution < 1.29 is 19.0 Å². The Hall–Kier alpha value is -7.01. The largest absolute Gasteiger partial charge is 0.493 e. The minimum atomic E-state index is 0.0288. The van der Waals surface area contributed by atoms with Crippen molar-refractivity contribution in [3.63, 3.8) is 0 Å². The van der Waals surface area contributed by atoms with Crippen LogP contribution < -0.4 is 14.2 Å². The number of hydrogen-bond donors (Lipinski definition) is 0. The highest BCUT2D eigenvalue weighted by atomic mass is 16.5. The molecule has 1 saturated heterocycles. The molecule has 1 aromatic carbocycles. The molecule has 8 rings (SSSR count). The van der Waals surface area contributed by atoms with Gasteiger partial charge in [-0.1, -0.05) is 55.7 Å². The standard InChI is InChI=1S/C17H25NO4.3C10H8N2/c1-20-14-11-13(12-15(21-2)16(14)22-3)17(19)18-9-7-5-4-6-8-10-18;3*1-3-7-11-9(5-1)10-6-2-4-8-12-10/h11-12H,4-10H2,1-3H3;3*1-8H. The zero-order valence-electron chi connectivity index (χ0n) is 33.2. The van der Waals surface area contributed by atoms with Crippen molar-refractivity contribution in [3.05, 3.63) is 164 Å². The third-order valence-electron chi connectivity index (χ3n) is 8.83. The predicted molar refractivity (Wildman–Crippen MR) is 227 cm³/mol. The lowest BCUT2D eigenvalue weighted by molar-refractivity contribution is 0.0741. The molecule has 0 atom stereocenters. The second kappa shape index (κ2) is 23.8. The first-order chi connectivity index (χ1) is 28.6. The topological polar surface area (TPSA) is 125 Å². The Bertz CT molecular complexity index is 1860. The SMILES string of the molecule is COc1cc(C(=O)N2CCCCCCC2)cc(OC)c1OC.c1ccc(-c2ccccn2)nc1.c1ccc(-c2ccccn2)nc1.c1ccc(-c2ccccn2)nc1. The highest BCUT2D eigenvalue weighted by Crippen LogP contribution is 2.38. The van der Waals surface area contributed by atoms with Crippen molar-refractivity contribution >= 4 is 5.91 Å². The number of ether oxygens (including phenoxy) is 3. The molecule has 0 bridgehead atoms. The lowest BCUT2D eigenvalue weighted by Gasteiger charge is -2.25. The monoisotopic (exact) mass is 775 g/mol. The van der Waals surface area contributed by atoms with Crippen LogP contribution in [0.15, 0.2) is 159 Å². The van der Waals surface area contributed by atoms with Crippen molar-refractivity contribution in [1.29, 1.82) is 0 Å². The van der Waals surface area contributed by atoms with Crippen molar-refractivity contribution in [2.45, 2.75) is 32.1 Å². The molecule has 1 aliphatic heterocycles. The molecule has 11 nitrogen and oxygen atoms in total. The van der Waals surface area contributed by atoms with E-state index in [1.54, 1.807) is 70.6 Å². The number of pyridine rings is 6. The van der Waals surface area contributed by atoms with Gasteiger partial charge in [-0.3, -0.25) is 34.7 Å². The lowest BCUT2D eigenvalue weighted by Crippen LogP contribution is -2.33. The van der Waals surface area contributed by atoms with E-state index < -0.39 is 0 Å². The number of rotatable bonds is 7. The molecule has 0 saturated carbocycles. The van der Waals surface area contributed by atoms with Crippen molar-refractivity contribution in [3.8, 4) is 51.4 Å². The van der Waals surface area contributed by atoms with Gasteiger partial charge in [-0.2, -0.15) is 0 Å². The summed E-state index contributed by atoms with van der Waals surface area (Å²) >= 11 is 0. The van der Waals surface area contributed by atoms with Gasteiger partial charge in [0.05, 0.1) is 55.5 Å². The molecular weight excluding hydrogens is 727 g/mol. The number of aromatic nitrogens is 6. The fraction of sp³-hybridized carbons (Fsp3) is 0.213. The molecule has 0 unspecified atom stereocenters. The summed E-state index contributed by atoms with van der Waals surface area (Å²) in [7, 11) is 4.67. The normalized spacial score (nSPS) is 11.9. The Kier molecular flexibility index (Phi) is 17.3. The first kappa shape index (κ1) is 42.1. The Balaban J connectivity index is 0.000000154. The van der Waals surface area contributed by atoms with Gasteiger partial charge in [0, 0.05) is 55.8 Å². The van der Waals surface area contributed by atoms with Crippen LogP contribution in [-0.4, -0.2) is 75.1 Å². The van der Waals surface area contributed by atoms with Crippen LogP contribution in [0, 0.1) is 0 Å². The summed E-state index contributed by atoms with van der Waals surface area (Å²) in [5, 5.41) is 0. The maximum absolute atomic E-state index is 12.8. The van der Waals surface area contributed by atoms with Gasteiger partial charge in [0.25, 0.3) is 5.91 Å². The van der Waals surface area contributed by atoms with Crippen LogP contribution in [0.4, 0.5) is 0 Å². The minimum Gasteiger partial charge on any atom is -0.493 e. The summed E-state index contributed by atoms with van der Waals surface area (Å²) in [4.78, 5) is 39.8. The van der Waals surface area contributed by atoms with Crippen LogP contribution in [0.25, 0.3) is 34.2 Å². The van der Waals surface area contributed by atoms with Crippen molar-refractivity contribution in [1.82, 2.24) is 34.8 Å². The number of benzene rings is 1. The molecule has 7 aromatic rings. The number of hydrogen-bond acceptors (Lipinski definition) is 10. The Morgan fingerprint density at radius 1 is 0.431 bits per heavy atom. The first-order valence-corrected chi connectivity index (χ1v) is 19.2. The highest BCUT2D eigenvalue weighted by Gasteiger charge is 2.21. The summed E-state index contributed by atoms with van der Waals surface area (Å²) in [5.74, 6) is 1.56. The van der Waals surface area contributed by atoms with Gasteiger partial charge in [-0.25, -0.2) is 0 Å². The van der Waals surface area contributed by atoms with Gasteiger partial charge in [0.2, 0.25) is 5.75 Å². The molecule has 1 amide bonds. The summed E-state index contributed by atoms with van der Waals surface area (Å²) in [6.45, 7) is 1.63. The van der Waals surface area contributed by atoms with E-state index in [1.807, 2.05) is 114 Å². The maximum atomic E-state index is 12.8. The summed E-state index contributed by atoms with van der Waals surface area (Å²) in [5.41, 5.74) is 6.07. The van der Waals surface area contributed by atoms with E-state index in [4.69, 9.17) is 14.2 Å². The molecule has 11 heteroatoms. The van der Waals surface area contributed by atoms with E-state index in [-0.39, 0.29) is 5.91 Å². The fourth-order valence-electron chi connectivity index (χ4n) is 5.92. The van der Waals surface area contributed by atoms with Gasteiger partial charge >= 0.3 is 0 Å². The van der Waals surface area contributed by atoms with Gasteiger partial charge in [-0.15, -0.1) is 0 Å². The van der Waals surface area contributed by atoms with Gasteiger partial charge in [0.15, 0.2) is 11.5 Å². The van der Waals surface area contributed by atoms with E-state index in [0.29, 0.717) is 22.8 Å². The first-order valence-electron chi connectivity index (χ1n) is 19.2. The van der Waals surface area contributed by atoms with Crippen LogP contribution in [0.2, 0.25) is 0 Å². The van der Waals surface area contributed by atoms with E-state index >= 15 is 0 Å². The van der Waals surface area contributed by atoms with Crippen LogP contribution in [0.3, 0.4) is 0 Å². The van der Waals surface area contributed by atoms with E-state index in [0.717, 1.165) is 60.1 Å². The third kappa shape index (κ3) is 13.0. The maximum Gasteiger partial charge on any atom is 0.254 e. The van der Waals surface area contributed by atoms with Gasteiger partial charge < -0.3 is 19.1 Å². The minimum absolute atomic E-state index is 0.0288. The zero-order chi connectivity index (χ0) is 40.6. The number of amides is 1. The number of nitrogens with zero attached hydrogens (tertiary/aromatic N) is 7. The van der Waals surface area contributed by atoms with Crippen LogP contribution in [0.1, 0.15) is 42.5 Å². The van der Waals surface area contributed by atoms with Crippen molar-refractivity contribution in [2.24, 2.45) is 0 Å². The molecule has 1 aliphatic rings. The molecule has 0 N–H and O–H groups in total. The summed E-state index contributed by atoms with van der Waals surface area (Å²) in [6, 6.07) is 38.2. The molecule has 6 aromatic heterocycles. The third-order valence-corrected chi connectivity index (χ3v) is 8.83. The van der Waals surface area contributed by atoms with Crippen LogP contribution in [0.5, 0.6) is 17.2 Å². The smallest absolute Gasteiger partial charge is 0.254 e. The Morgan fingerprint density at radius 3 is 0.966 bits per heavy atom. The molecular formula is C47H49N7O4.